The van der Waals surface area contributed by atoms with Crippen LogP contribution in [0.2, 0.25) is 0 Å². The molecule has 0 aliphatic rings. The maximum atomic E-state index is 12.2. The Morgan fingerprint density at radius 3 is 2.48 bits per heavy atom. The molecule has 1 heterocycles. The van der Waals surface area contributed by atoms with E-state index in [2.05, 4.69) is 5.32 Å². The second-order valence-electron chi connectivity index (χ2n) is 5.98. The minimum absolute atomic E-state index is 0.200. The molecular formula is C15H23NO4S. The summed E-state index contributed by atoms with van der Waals surface area (Å²) in [7, 11) is 0. The zero-order chi connectivity index (χ0) is 16.2. The molecule has 0 saturated carbocycles. The molecule has 0 unspecified atom stereocenters. The summed E-state index contributed by atoms with van der Waals surface area (Å²) in [5.74, 6) is 0.469. The fourth-order valence-corrected chi connectivity index (χ4v) is 2.28. The molecular weight excluding hydrogens is 290 g/mol. The third-order valence-corrected chi connectivity index (χ3v) is 3.76. The van der Waals surface area contributed by atoms with Gasteiger partial charge in [0.1, 0.15) is 17.6 Å². The molecule has 1 rings (SSSR count). The van der Waals surface area contributed by atoms with Crippen LogP contribution in [-0.2, 0) is 10.2 Å². The van der Waals surface area contributed by atoms with Gasteiger partial charge in [0.15, 0.2) is 0 Å². The molecule has 5 nitrogen and oxygen atoms in total. The minimum atomic E-state index is -1.02. The zero-order valence-electron chi connectivity index (χ0n) is 13.1. The van der Waals surface area contributed by atoms with Gasteiger partial charge in [-0.3, -0.25) is 4.79 Å². The Morgan fingerprint density at radius 2 is 2.05 bits per heavy atom. The summed E-state index contributed by atoms with van der Waals surface area (Å²) in [6, 6.07) is 0.815. The normalized spacial score (nSPS) is 13.0. The van der Waals surface area contributed by atoms with Crippen molar-refractivity contribution in [2.24, 2.45) is 0 Å². The van der Waals surface area contributed by atoms with Crippen LogP contribution in [-0.4, -0.2) is 35.0 Å². The molecule has 1 atom stereocenters. The van der Waals surface area contributed by atoms with Gasteiger partial charge in [-0.25, -0.2) is 4.79 Å². The van der Waals surface area contributed by atoms with E-state index >= 15 is 0 Å². The lowest BCUT2D eigenvalue weighted by Gasteiger charge is -2.14. The predicted octanol–water partition coefficient (Wildman–Crippen LogP) is 2.82. The molecule has 2 N–H and O–H groups in total. The van der Waals surface area contributed by atoms with E-state index in [4.69, 9.17) is 9.52 Å². The van der Waals surface area contributed by atoms with E-state index in [1.54, 1.807) is 24.8 Å². The van der Waals surface area contributed by atoms with Gasteiger partial charge in [-0.05, 0) is 31.4 Å². The van der Waals surface area contributed by atoms with Crippen molar-refractivity contribution in [3.05, 3.63) is 23.2 Å². The van der Waals surface area contributed by atoms with E-state index in [1.165, 1.54) is 0 Å². The summed E-state index contributed by atoms with van der Waals surface area (Å²) < 4.78 is 5.61. The molecule has 0 aromatic carbocycles. The summed E-state index contributed by atoms with van der Waals surface area (Å²) in [6.07, 6.45) is 2.29. The van der Waals surface area contributed by atoms with Crippen molar-refractivity contribution in [1.82, 2.24) is 5.32 Å². The predicted molar refractivity (Wildman–Crippen MR) is 84.0 cm³/mol. The van der Waals surface area contributed by atoms with Crippen LogP contribution in [0.15, 0.2) is 10.5 Å². The number of carboxylic acids is 1. The Balaban J connectivity index is 2.88. The van der Waals surface area contributed by atoms with Crippen molar-refractivity contribution >= 4 is 23.6 Å². The second-order valence-corrected chi connectivity index (χ2v) is 6.96. The molecule has 21 heavy (non-hydrogen) atoms. The molecule has 118 valence electrons. The van der Waals surface area contributed by atoms with Crippen LogP contribution < -0.4 is 5.32 Å². The quantitative estimate of drug-likeness (QED) is 0.844. The number of aliphatic carboxylic acids is 1. The van der Waals surface area contributed by atoms with Crippen LogP contribution in [0, 0.1) is 6.92 Å². The number of nitrogens with one attached hydrogen (secondary N) is 1. The second kappa shape index (κ2) is 7.02. The summed E-state index contributed by atoms with van der Waals surface area (Å²) in [5.41, 5.74) is 0.198. The maximum Gasteiger partial charge on any atom is 0.326 e. The first kappa shape index (κ1) is 17.6. The van der Waals surface area contributed by atoms with Crippen LogP contribution in [0.3, 0.4) is 0 Å². The number of furan rings is 1. The number of rotatable bonds is 6. The van der Waals surface area contributed by atoms with Gasteiger partial charge in [-0.15, -0.1) is 0 Å². The number of hydrogen-bond donors (Lipinski definition) is 2. The largest absolute Gasteiger partial charge is 0.480 e. The molecule has 1 aromatic rings. The molecule has 0 spiro atoms. The van der Waals surface area contributed by atoms with Gasteiger partial charge in [0.25, 0.3) is 5.91 Å². The highest BCUT2D eigenvalue weighted by molar-refractivity contribution is 7.98. The van der Waals surface area contributed by atoms with E-state index in [1.807, 2.05) is 27.0 Å². The van der Waals surface area contributed by atoms with Crippen molar-refractivity contribution < 1.29 is 19.1 Å². The Kier molecular flexibility index (Phi) is 5.89. The molecule has 0 bridgehead atoms. The lowest BCUT2D eigenvalue weighted by molar-refractivity contribution is -0.139. The Labute approximate surface area is 129 Å². The highest BCUT2D eigenvalue weighted by atomic mass is 32.2. The average Bonchev–Trinajstić information content (AvgIpc) is 2.76. The van der Waals surface area contributed by atoms with Gasteiger partial charge in [0, 0.05) is 5.41 Å². The monoisotopic (exact) mass is 313 g/mol. The molecule has 1 amide bonds. The number of hydrogen-bond acceptors (Lipinski definition) is 4. The van der Waals surface area contributed by atoms with E-state index in [-0.39, 0.29) is 5.41 Å². The summed E-state index contributed by atoms with van der Waals surface area (Å²) >= 11 is 1.55. The number of amides is 1. The SMILES string of the molecule is CSCC[C@@H](NC(=O)c1cc(C(C)(C)C)oc1C)C(=O)O. The Bertz CT molecular complexity index is 516. The van der Waals surface area contributed by atoms with E-state index in [0.29, 0.717) is 29.3 Å². The smallest absolute Gasteiger partial charge is 0.326 e. The fourth-order valence-electron chi connectivity index (χ4n) is 1.81. The number of thioether (sulfide) groups is 1. The average molecular weight is 313 g/mol. The van der Waals surface area contributed by atoms with Crippen LogP contribution >= 0.6 is 11.8 Å². The number of carboxylic acid groups (broad SMARTS) is 1. The van der Waals surface area contributed by atoms with Gasteiger partial charge in [-0.1, -0.05) is 20.8 Å². The first-order valence-corrected chi connectivity index (χ1v) is 8.19. The van der Waals surface area contributed by atoms with E-state index < -0.39 is 17.9 Å². The van der Waals surface area contributed by atoms with Crippen LogP contribution in [0.1, 0.15) is 49.1 Å². The molecule has 0 fully saturated rings. The van der Waals surface area contributed by atoms with Crippen molar-refractivity contribution in [2.75, 3.05) is 12.0 Å². The van der Waals surface area contributed by atoms with Crippen molar-refractivity contribution in [3.8, 4) is 0 Å². The minimum Gasteiger partial charge on any atom is -0.480 e. The lowest BCUT2D eigenvalue weighted by Crippen LogP contribution is -2.41. The van der Waals surface area contributed by atoms with Gasteiger partial charge in [-0.2, -0.15) is 11.8 Å². The van der Waals surface area contributed by atoms with Gasteiger partial charge < -0.3 is 14.8 Å². The van der Waals surface area contributed by atoms with Crippen molar-refractivity contribution in [2.45, 2.75) is 45.6 Å². The Hall–Kier alpha value is -1.43. The number of carbonyl (C=O) groups excluding carboxylic acids is 1. The molecule has 6 heteroatoms. The molecule has 0 radical (unpaired) electrons. The third-order valence-electron chi connectivity index (χ3n) is 3.12. The van der Waals surface area contributed by atoms with Gasteiger partial charge in [0.2, 0.25) is 0 Å². The Morgan fingerprint density at radius 1 is 1.43 bits per heavy atom. The maximum absolute atomic E-state index is 12.2. The zero-order valence-corrected chi connectivity index (χ0v) is 14.0. The topological polar surface area (TPSA) is 79.5 Å². The summed E-state index contributed by atoms with van der Waals surface area (Å²) in [4.78, 5) is 23.4. The number of carbonyl (C=O) groups is 2. The highest BCUT2D eigenvalue weighted by Crippen LogP contribution is 2.27. The third kappa shape index (κ3) is 4.81. The molecule has 0 saturated heterocycles. The molecule has 1 aromatic heterocycles. The van der Waals surface area contributed by atoms with Crippen LogP contribution in [0.5, 0.6) is 0 Å². The van der Waals surface area contributed by atoms with E-state index in [0.717, 1.165) is 0 Å². The van der Waals surface area contributed by atoms with Crippen LogP contribution in [0.4, 0.5) is 0 Å². The van der Waals surface area contributed by atoms with Crippen LogP contribution in [0.25, 0.3) is 0 Å². The fraction of sp³-hybridized carbons (Fsp3) is 0.600. The van der Waals surface area contributed by atoms with Crippen molar-refractivity contribution in [1.29, 1.82) is 0 Å². The highest BCUT2D eigenvalue weighted by Gasteiger charge is 2.26. The molecule has 0 aliphatic heterocycles. The lowest BCUT2D eigenvalue weighted by atomic mass is 9.93. The first-order chi connectivity index (χ1) is 9.66. The van der Waals surface area contributed by atoms with Crippen molar-refractivity contribution in [3.63, 3.8) is 0 Å². The standard InChI is InChI=1S/C15H23NO4S/c1-9-10(8-12(20-9)15(2,3)4)13(17)16-11(14(18)19)6-7-21-5/h8,11H,6-7H2,1-5H3,(H,16,17)(H,18,19)/t11-/m1/s1. The molecule has 0 aliphatic carbocycles. The van der Waals surface area contributed by atoms with Gasteiger partial charge >= 0.3 is 5.97 Å². The summed E-state index contributed by atoms with van der Waals surface area (Å²) in [5, 5.41) is 11.7. The number of aryl methyl sites for hydroxylation is 1. The van der Waals surface area contributed by atoms with E-state index in [9.17, 15) is 9.59 Å². The first-order valence-electron chi connectivity index (χ1n) is 6.80. The summed E-state index contributed by atoms with van der Waals surface area (Å²) in [6.45, 7) is 7.68. The van der Waals surface area contributed by atoms with Gasteiger partial charge in [0.05, 0.1) is 5.56 Å².